The van der Waals surface area contributed by atoms with Crippen molar-refractivity contribution in [1.29, 1.82) is 0 Å². The highest BCUT2D eigenvalue weighted by Crippen LogP contribution is 2.24. The van der Waals surface area contributed by atoms with E-state index in [-0.39, 0.29) is 38.5 Å². The maximum absolute atomic E-state index is 13.9. The first-order valence-electron chi connectivity index (χ1n) is 9.57. The van der Waals surface area contributed by atoms with Crippen LogP contribution in [0.4, 0.5) is 8.78 Å². The van der Waals surface area contributed by atoms with Crippen LogP contribution < -0.4 is 0 Å². The van der Waals surface area contributed by atoms with Gasteiger partial charge in [0, 0.05) is 37.1 Å². The molecule has 4 rings (SSSR count). The van der Waals surface area contributed by atoms with Crippen LogP contribution in [-0.2, 0) is 21.2 Å². The third-order valence-electron chi connectivity index (χ3n) is 5.01. The Balaban J connectivity index is 1.38. The Labute approximate surface area is 182 Å². The van der Waals surface area contributed by atoms with E-state index in [1.807, 2.05) is 35.7 Å². The predicted molar refractivity (Wildman–Crippen MR) is 113 cm³/mol. The molecule has 1 saturated heterocycles. The zero-order chi connectivity index (χ0) is 22.0. The molecule has 0 N–H and O–H groups in total. The maximum atomic E-state index is 13.9. The standard InChI is InChI=1S/C21H19F2N3O3S2/c22-16-6-7-18(23)19(12-16)31(28,29)26-10-8-25(9-11-26)20(27)13-17-14-30-21(24-17)15-4-2-1-3-5-15/h1-7,12,14H,8-11,13H2. The second kappa shape index (κ2) is 8.81. The number of nitrogens with zero attached hydrogens (tertiary/aromatic N) is 3. The minimum Gasteiger partial charge on any atom is -0.340 e. The molecule has 0 unspecified atom stereocenters. The van der Waals surface area contributed by atoms with Gasteiger partial charge in [0.2, 0.25) is 15.9 Å². The number of amides is 1. The molecule has 0 aliphatic carbocycles. The third-order valence-corrected chi connectivity index (χ3v) is 7.86. The number of aromatic nitrogens is 1. The van der Waals surface area contributed by atoms with Crippen molar-refractivity contribution in [2.24, 2.45) is 0 Å². The van der Waals surface area contributed by atoms with E-state index in [0.29, 0.717) is 11.8 Å². The van der Waals surface area contributed by atoms with Gasteiger partial charge in [-0.2, -0.15) is 4.31 Å². The van der Waals surface area contributed by atoms with Gasteiger partial charge in [-0.05, 0) is 18.2 Å². The summed E-state index contributed by atoms with van der Waals surface area (Å²) in [5.41, 5.74) is 1.64. The van der Waals surface area contributed by atoms with Crippen LogP contribution in [-0.4, -0.2) is 54.7 Å². The molecule has 2 heterocycles. The molecule has 1 aliphatic heterocycles. The first-order valence-corrected chi connectivity index (χ1v) is 11.9. The molecule has 0 spiro atoms. The Morgan fingerprint density at radius 2 is 1.74 bits per heavy atom. The van der Waals surface area contributed by atoms with E-state index in [4.69, 9.17) is 0 Å². The van der Waals surface area contributed by atoms with Gasteiger partial charge in [0.1, 0.15) is 21.5 Å². The van der Waals surface area contributed by atoms with E-state index in [1.54, 1.807) is 4.90 Å². The zero-order valence-corrected chi connectivity index (χ0v) is 18.0. The van der Waals surface area contributed by atoms with Crippen molar-refractivity contribution in [1.82, 2.24) is 14.2 Å². The smallest absolute Gasteiger partial charge is 0.246 e. The third kappa shape index (κ3) is 4.65. The van der Waals surface area contributed by atoms with Gasteiger partial charge >= 0.3 is 0 Å². The van der Waals surface area contributed by atoms with E-state index in [2.05, 4.69) is 4.98 Å². The first-order chi connectivity index (χ1) is 14.8. The summed E-state index contributed by atoms with van der Waals surface area (Å²) in [6.45, 7) is 0.363. The molecule has 3 aromatic rings. The van der Waals surface area contributed by atoms with Crippen molar-refractivity contribution in [3.8, 4) is 10.6 Å². The molecule has 0 radical (unpaired) electrons. The summed E-state index contributed by atoms with van der Waals surface area (Å²) in [6.07, 6.45) is 0.120. The van der Waals surface area contributed by atoms with Crippen molar-refractivity contribution in [2.45, 2.75) is 11.3 Å². The Hall–Kier alpha value is -2.69. The molecular weight excluding hydrogens is 444 g/mol. The molecule has 0 atom stereocenters. The minimum atomic E-state index is -4.18. The topological polar surface area (TPSA) is 70.6 Å². The molecule has 1 fully saturated rings. The van der Waals surface area contributed by atoms with E-state index in [0.717, 1.165) is 27.0 Å². The number of hydrogen-bond acceptors (Lipinski definition) is 5. The Morgan fingerprint density at radius 3 is 2.45 bits per heavy atom. The fraction of sp³-hybridized carbons (Fsp3) is 0.238. The fourth-order valence-corrected chi connectivity index (χ4v) is 5.68. The van der Waals surface area contributed by atoms with Crippen LogP contribution in [0, 0.1) is 11.6 Å². The van der Waals surface area contributed by atoms with Crippen LogP contribution >= 0.6 is 11.3 Å². The molecule has 2 aromatic carbocycles. The van der Waals surface area contributed by atoms with Crippen LogP contribution in [0.15, 0.2) is 58.8 Å². The van der Waals surface area contributed by atoms with Gasteiger partial charge in [-0.1, -0.05) is 30.3 Å². The summed E-state index contributed by atoms with van der Waals surface area (Å²) >= 11 is 1.46. The molecule has 31 heavy (non-hydrogen) atoms. The number of carbonyl (C=O) groups excluding carboxylic acids is 1. The van der Waals surface area contributed by atoms with Crippen LogP contribution in [0.5, 0.6) is 0 Å². The molecule has 162 valence electrons. The molecule has 1 aliphatic rings. The molecule has 1 aromatic heterocycles. The lowest BCUT2D eigenvalue weighted by molar-refractivity contribution is -0.131. The van der Waals surface area contributed by atoms with Crippen LogP contribution in [0.3, 0.4) is 0 Å². The maximum Gasteiger partial charge on any atom is 0.246 e. The average molecular weight is 464 g/mol. The predicted octanol–water partition coefficient (Wildman–Crippen LogP) is 3.16. The lowest BCUT2D eigenvalue weighted by Gasteiger charge is -2.34. The molecular formula is C21H19F2N3O3S2. The van der Waals surface area contributed by atoms with Crippen molar-refractivity contribution < 1.29 is 22.0 Å². The van der Waals surface area contributed by atoms with E-state index >= 15 is 0 Å². The number of rotatable bonds is 5. The van der Waals surface area contributed by atoms with Crippen molar-refractivity contribution in [3.63, 3.8) is 0 Å². The Bertz CT molecular complexity index is 1190. The van der Waals surface area contributed by atoms with E-state index in [9.17, 15) is 22.0 Å². The summed E-state index contributed by atoms with van der Waals surface area (Å²) < 4.78 is 53.8. The summed E-state index contributed by atoms with van der Waals surface area (Å²) in [5.74, 6) is -1.98. The quantitative estimate of drug-likeness (QED) is 0.583. The normalized spacial score (nSPS) is 15.2. The number of piperazine rings is 1. The molecule has 10 heteroatoms. The Kier molecular flexibility index (Phi) is 6.12. The zero-order valence-electron chi connectivity index (χ0n) is 16.4. The SMILES string of the molecule is O=C(Cc1csc(-c2ccccc2)n1)N1CCN(S(=O)(=O)c2cc(F)ccc2F)CC1. The first kappa shape index (κ1) is 21.5. The highest BCUT2D eigenvalue weighted by atomic mass is 32.2. The second-order valence-corrected chi connectivity index (χ2v) is 9.81. The van der Waals surface area contributed by atoms with Crippen LogP contribution in [0.1, 0.15) is 5.69 Å². The number of sulfonamides is 1. The van der Waals surface area contributed by atoms with E-state index in [1.165, 1.54) is 11.3 Å². The van der Waals surface area contributed by atoms with Crippen molar-refractivity contribution >= 4 is 27.3 Å². The lowest BCUT2D eigenvalue weighted by atomic mass is 10.2. The van der Waals surface area contributed by atoms with E-state index < -0.39 is 26.6 Å². The van der Waals surface area contributed by atoms with Crippen molar-refractivity contribution in [2.75, 3.05) is 26.2 Å². The fourth-order valence-electron chi connectivity index (χ4n) is 3.36. The summed E-state index contributed by atoms with van der Waals surface area (Å²) in [4.78, 5) is 18.0. The summed E-state index contributed by atoms with van der Waals surface area (Å²) in [5, 5.41) is 2.67. The van der Waals surface area contributed by atoms with Gasteiger partial charge in [-0.15, -0.1) is 11.3 Å². The molecule has 6 nitrogen and oxygen atoms in total. The highest BCUT2D eigenvalue weighted by molar-refractivity contribution is 7.89. The van der Waals surface area contributed by atoms with Gasteiger partial charge in [0.05, 0.1) is 12.1 Å². The number of halogens is 2. The Morgan fingerprint density at radius 1 is 1.03 bits per heavy atom. The summed E-state index contributed by atoms with van der Waals surface area (Å²) in [7, 11) is -4.18. The van der Waals surface area contributed by atoms with Gasteiger partial charge in [-0.3, -0.25) is 4.79 Å². The van der Waals surface area contributed by atoms with Gasteiger partial charge < -0.3 is 4.90 Å². The number of thiazole rings is 1. The monoisotopic (exact) mass is 463 g/mol. The van der Waals surface area contributed by atoms with Gasteiger partial charge in [-0.25, -0.2) is 22.2 Å². The highest BCUT2D eigenvalue weighted by Gasteiger charge is 2.32. The number of benzene rings is 2. The van der Waals surface area contributed by atoms with Crippen molar-refractivity contribution in [3.05, 3.63) is 71.2 Å². The number of hydrogen-bond donors (Lipinski definition) is 0. The largest absolute Gasteiger partial charge is 0.340 e. The summed E-state index contributed by atoms with van der Waals surface area (Å²) in [6, 6.07) is 12.0. The molecule has 1 amide bonds. The lowest BCUT2D eigenvalue weighted by Crippen LogP contribution is -2.51. The molecule has 0 bridgehead atoms. The second-order valence-electron chi connectivity index (χ2n) is 7.05. The molecule has 0 saturated carbocycles. The minimum absolute atomic E-state index is 0.0103. The van der Waals surface area contributed by atoms with Gasteiger partial charge in [0.25, 0.3) is 0 Å². The van der Waals surface area contributed by atoms with Gasteiger partial charge in [0.15, 0.2) is 0 Å². The van der Waals surface area contributed by atoms with Crippen LogP contribution in [0.25, 0.3) is 10.6 Å². The number of carbonyl (C=O) groups is 1. The van der Waals surface area contributed by atoms with Crippen LogP contribution in [0.2, 0.25) is 0 Å². The average Bonchev–Trinajstić information content (AvgIpc) is 3.24.